The van der Waals surface area contributed by atoms with Gasteiger partial charge in [0, 0.05) is 40.5 Å². The Balaban J connectivity index is 1.56. The molecule has 0 saturated heterocycles. The van der Waals surface area contributed by atoms with Crippen molar-refractivity contribution in [3.8, 4) is 17.2 Å². The lowest BCUT2D eigenvalue weighted by Gasteiger charge is -2.47. The van der Waals surface area contributed by atoms with Crippen LogP contribution in [0.25, 0.3) is 0 Å². The summed E-state index contributed by atoms with van der Waals surface area (Å²) >= 11 is 0. The van der Waals surface area contributed by atoms with Crippen molar-refractivity contribution in [3.05, 3.63) is 95.1 Å². The SMILES string of the molecule is COc1ccc(C(F)(F)F)cc1N1c2cccc3c2C2c4c(cccc4N(CCCN)c4cccc1c42)O3. The van der Waals surface area contributed by atoms with Crippen LogP contribution in [0.1, 0.15) is 34.6 Å². The summed E-state index contributed by atoms with van der Waals surface area (Å²) in [6.07, 6.45) is -3.71. The Morgan fingerprint density at radius 2 is 1.42 bits per heavy atom. The van der Waals surface area contributed by atoms with Gasteiger partial charge in [-0.15, -0.1) is 0 Å². The summed E-state index contributed by atoms with van der Waals surface area (Å²) in [5.74, 6) is 1.72. The van der Waals surface area contributed by atoms with E-state index >= 15 is 0 Å². The third kappa shape index (κ3) is 3.10. The molecule has 1 atom stereocenters. The van der Waals surface area contributed by atoms with Crippen molar-refractivity contribution in [3.63, 3.8) is 0 Å². The van der Waals surface area contributed by atoms with Gasteiger partial charge in [-0.3, -0.25) is 0 Å². The van der Waals surface area contributed by atoms with Crippen molar-refractivity contribution >= 4 is 28.4 Å². The fraction of sp³-hybridized carbons (Fsp3) is 0.200. The molecule has 1 unspecified atom stereocenters. The molecule has 8 heteroatoms. The standard InChI is InChI=1S/C30H24F3N3O2/c1-37-23-13-12-17(30(31,32)33)16-22(23)36-20-8-2-6-18-26(20)29-27-19(35(18)15-5-14-34)7-3-10-24(27)38-25-11-4-9-21(36)28(25)29/h2-4,6-13,16,29H,5,14-15,34H2,1H3. The predicted octanol–water partition coefficient (Wildman–Crippen LogP) is 7.58. The molecule has 3 aliphatic rings. The average molecular weight is 516 g/mol. The van der Waals surface area contributed by atoms with Gasteiger partial charge in [-0.2, -0.15) is 13.2 Å². The van der Waals surface area contributed by atoms with Gasteiger partial charge in [-0.1, -0.05) is 18.2 Å². The highest BCUT2D eigenvalue weighted by Gasteiger charge is 2.46. The highest BCUT2D eigenvalue weighted by Crippen LogP contribution is 2.65. The van der Waals surface area contributed by atoms with E-state index in [1.807, 2.05) is 47.4 Å². The highest BCUT2D eigenvalue weighted by atomic mass is 19.4. The molecule has 0 amide bonds. The fourth-order valence-electron chi connectivity index (χ4n) is 6.12. The molecule has 38 heavy (non-hydrogen) atoms. The van der Waals surface area contributed by atoms with Crippen LogP contribution in [0.4, 0.5) is 41.6 Å². The fourth-order valence-corrected chi connectivity index (χ4v) is 6.12. The molecule has 0 saturated carbocycles. The smallest absolute Gasteiger partial charge is 0.416 e. The Hall–Kier alpha value is -4.17. The Labute approximate surface area is 217 Å². The molecule has 3 heterocycles. The Kier molecular flexibility index (Phi) is 4.94. The van der Waals surface area contributed by atoms with E-state index in [0.717, 1.165) is 63.7 Å². The van der Waals surface area contributed by atoms with Crippen LogP contribution in [0, 0.1) is 0 Å². The maximum Gasteiger partial charge on any atom is 0.416 e. The van der Waals surface area contributed by atoms with Crippen LogP contribution in [0.2, 0.25) is 0 Å². The molecule has 4 aromatic carbocycles. The van der Waals surface area contributed by atoms with Gasteiger partial charge >= 0.3 is 6.18 Å². The van der Waals surface area contributed by atoms with Gasteiger partial charge in [-0.05, 0) is 67.6 Å². The first-order valence-electron chi connectivity index (χ1n) is 12.5. The van der Waals surface area contributed by atoms with E-state index in [4.69, 9.17) is 15.2 Å². The molecule has 2 N–H and O–H groups in total. The normalized spacial score (nSPS) is 16.2. The van der Waals surface area contributed by atoms with E-state index in [1.165, 1.54) is 13.2 Å². The summed E-state index contributed by atoms with van der Waals surface area (Å²) in [5, 5.41) is 0. The molecule has 0 aliphatic carbocycles. The largest absolute Gasteiger partial charge is 0.495 e. The molecule has 0 aromatic heterocycles. The molecule has 3 aliphatic heterocycles. The van der Waals surface area contributed by atoms with Crippen LogP contribution in [0.3, 0.4) is 0 Å². The maximum atomic E-state index is 13.9. The second-order valence-corrected chi connectivity index (χ2v) is 9.64. The molecule has 7 rings (SSSR count). The zero-order chi connectivity index (χ0) is 26.2. The van der Waals surface area contributed by atoms with Crippen LogP contribution in [-0.2, 0) is 6.18 Å². The minimum Gasteiger partial charge on any atom is -0.495 e. The first kappa shape index (κ1) is 23.0. The molecule has 4 aromatic rings. The van der Waals surface area contributed by atoms with Crippen LogP contribution >= 0.6 is 0 Å². The summed E-state index contributed by atoms with van der Waals surface area (Å²) in [4.78, 5) is 4.14. The van der Waals surface area contributed by atoms with E-state index in [1.54, 1.807) is 0 Å². The highest BCUT2D eigenvalue weighted by molar-refractivity contribution is 5.96. The number of alkyl halides is 3. The Morgan fingerprint density at radius 3 is 2.08 bits per heavy atom. The Bertz CT molecular complexity index is 1600. The quantitative estimate of drug-likeness (QED) is 0.256. The van der Waals surface area contributed by atoms with Gasteiger partial charge in [0.2, 0.25) is 0 Å². The number of rotatable bonds is 5. The van der Waals surface area contributed by atoms with Crippen LogP contribution < -0.4 is 25.0 Å². The van der Waals surface area contributed by atoms with Gasteiger partial charge in [0.25, 0.3) is 0 Å². The van der Waals surface area contributed by atoms with Crippen molar-refractivity contribution in [1.29, 1.82) is 0 Å². The third-order valence-corrected chi connectivity index (χ3v) is 7.63. The summed E-state index contributed by atoms with van der Waals surface area (Å²) in [5.41, 5.74) is 12.2. The van der Waals surface area contributed by atoms with E-state index in [-0.39, 0.29) is 5.92 Å². The number of ether oxygens (including phenoxy) is 2. The summed E-state index contributed by atoms with van der Waals surface area (Å²) in [7, 11) is 1.47. The number of hydrogen-bond donors (Lipinski definition) is 1. The second kappa shape index (κ2) is 8.16. The van der Waals surface area contributed by atoms with E-state index in [0.29, 0.717) is 30.3 Å². The zero-order valence-corrected chi connectivity index (χ0v) is 20.5. The molecule has 0 bridgehead atoms. The lowest BCUT2D eigenvalue weighted by Crippen LogP contribution is -2.33. The topological polar surface area (TPSA) is 51.0 Å². The molecule has 0 spiro atoms. The second-order valence-electron chi connectivity index (χ2n) is 9.64. The number of methoxy groups -OCH3 is 1. The van der Waals surface area contributed by atoms with Crippen molar-refractivity contribution in [2.45, 2.75) is 18.5 Å². The number of anilines is 5. The van der Waals surface area contributed by atoms with E-state index in [2.05, 4.69) is 17.0 Å². The van der Waals surface area contributed by atoms with Crippen molar-refractivity contribution < 1.29 is 22.6 Å². The summed E-state index contributed by atoms with van der Waals surface area (Å²) < 4.78 is 53.6. The number of benzene rings is 4. The van der Waals surface area contributed by atoms with E-state index in [9.17, 15) is 13.2 Å². The van der Waals surface area contributed by atoms with Gasteiger partial charge in [0.05, 0.1) is 29.7 Å². The third-order valence-electron chi connectivity index (χ3n) is 7.63. The molecular formula is C30H24F3N3O2. The first-order valence-corrected chi connectivity index (χ1v) is 12.5. The van der Waals surface area contributed by atoms with Crippen LogP contribution in [-0.4, -0.2) is 20.2 Å². The summed E-state index contributed by atoms with van der Waals surface area (Å²) in [6, 6.07) is 21.4. The molecule has 5 nitrogen and oxygen atoms in total. The monoisotopic (exact) mass is 515 g/mol. The number of nitrogens with two attached hydrogens (primary N) is 1. The van der Waals surface area contributed by atoms with Gasteiger partial charge in [0.1, 0.15) is 17.2 Å². The van der Waals surface area contributed by atoms with Crippen molar-refractivity contribution in [2.24, 2.45) is 5.73 Å². The van der Waals surface area contributed by atoms with Crippen molar-refractivity contribution in [1.82, 2.24) is 0 Å². The minimum atomic E-state index is -4.50. The van der Waals surface area contributed by atoms with Gasteiger partial charge < -0.3 is 25.0 Å². The average Bonchev–Trinajstić information content (AvgIpc) is 2.92. The summed E-state index contributed by atoms with van der Waals surface area (Å²) in [6.45, 7) is 1.25. The lowest BCUT2D eigenvalue weighted by atomic mass is 9.74. The van der Waals surface area contributed by atoms with Crippen LogP contribution in [0.15, 0.2) is 72.8 Å². The molecule has 0 fully saturated rings. The number of hydrogen-bond acceptors (Lipinski definition) is 5. The molecule has 192 valence electrons. The van der Waals surface area contributed by atoms with Crippen molar-refractivity contribution in [2.75, 3.05) is 30.0 Å². The maximum absolute atomic E-state index is 13.9. The lowest BCUT2D eigenvalue weighted by molar-refractivity contribution is -0.137. The molecule has 0 radical (unpaired) electrons. The Morgan fingerprint density at radius 1 is 0.816 bits per heavy atom. The van der Waals surface area contributed by atoms with Crippen LogP contribution in [0.5, 0.6) is 17.2 Å². The minimum absolute atomic E-state index is 0.116. The van der Waals surface area contributed by atoms with Gasteiger partial charge in [-0.25, -0.2) is 0 Å². The van der Waals surface area contributed by atoms with Gasteiger partial charge in [0.15, 0.2) is 0 Å². The zero-order valence-electron chi connectivity index (χ0n) is 20.5. The number of halogens is 3. The number of nitrogens with zero attached hydrogens (tertiary/aromatic N) is 2. The van der Waals surface area contributed by atoms with E-state index < -0.39 is 11.7 Å². The first-order chi connectivity index (χ1) is 18.4. The predicted molar refractivity (Wildman–Crippen MR) is 141 cm³/mol. The molecular weight excluding hydrogens is 491 g/mol.